The first-order valence-electron chi connectivity index (χ1n) is 6.63. The highest BCUT2D eigenvalue weighted by Gasteiger charge is 2.21. The van der Waals surface area contributed by atoms with Gasteiger partial charge in [-0.3, -0.25) is 0 Å². The summed E-state index contributed by atoms with van der Waals surface area (Å²) in [4.78, 5) is 0. The molecular weight excluding hydrogens is 232 g/mol. The molecule has 0 heterocycles. The van der Waals surface area contributed by atoms with Gasteiger partial charge in [-0.25, -0.2) is 0 Å². The van der Waals surface area contributed by atoms with Crippen molar-refractivity contribution in [2.24, 2.45) is 5.92 Å². The second kappa shape index (κ2) is 6.30. The summed E-state index contributed by atoms with van der Waals surface area (Å²) in [5.74, 6) is 2.38. The van der Waals surface area contributed by atoms with Gasteiger partial charge >= 0.3 is 0 Å². The van der Waals surface area contributed by atoms with E-state index in [1.165, 1.54) is 32.1 Å². The molecule has 1 aliphatic rings. The number of alkyl halides is 1. The van der Waals surface area contributed by atoms with Crippen molar-refractivity contribution in [2.45, 2.75) is 51.0 Å². The van der Waals surface area contributed by atoms with E-state index in [1.54, 1.807) is 0 Å². The van der Waals surface area contributed by atoms with Crippen LogP contribution in [0.25, 0.3) is 0 Å². The Morgan fingerprint density at radius 2 is 2.24 bits per heavy atom. The monoisotopic (exact) mass is 252 g/mol. The van der Waals surface area contributed by atoms with Crippen LogP contribution in [0.15, 0.2) is 24.3 Å². The van der Waals surface area contributed by atoms with Crippen molar-refractivity contribution in [3.63, 3.8) is 0 Å². The van der Waals surface area contributed by atoms with Crippen molar-refractivity contribution < 1.29 is 4.74 Å². The first kappa shape index (κ1) is 12.8. The zero-order valence-corrected chi connectivity index (χ0v) is 11.2. The Hall–Kier alpha value is -0.690. The molecule has 0 N–H and O–H groups in total. The van der Waals surface area contributed by atoms with Crippen molar-refractivity contribution in [2.75, 3.05) is 0 Å². The summed E-state index contributed by atoms with van der Waals surface area (Å²) in [6.45, 7) is 2.28. The predicted molar refractivity (Wildman–Crippen MR) is 72.7 cm³/mol. The highest BCUT2D eigenvalue weighted by atomic mass is 35.5. The molecule has 1 saturated carbocycles. The normalized spacial score (nSPS) is 24.6. The summed E-state index contributed by atoms with van der Waals surface area (Å²) in [7, 11) is 0. The first-order chi connectivity index (χ1) is 8.31. The summed E-state index contributed by atoms with van der Waals surface area (Å²) in [6.07, 6.45) is 6.76. The van der Waals surface area contributed by atoms with E-state index in [-0.39, 0.29) is 0 Å². The van der Waals surface area contributed by atoms with E-state index in [0.29, 0.717) is 12.0 Å². The van der Waals surface area contributed by atoms with E-state index in [9.17, 15) is 0 Å². The summed E-state index contributed by atoms with van der Waals surface area (Å²) >= 11 is 5.83. The molecule has 0 aliphatic heterocycles. The summed E-state index contributed by atoms with van der Waals surface area (Å²) in [5.41, 5.74) is 1.13. The van der Waals surface area contributed by atoms with Crippen LogP contribution in [0.2, 0.25) is 0 Å². The fourth-order valence-corrected chi connectivity index (χ4v) is 2.78. The molecule has 0 aromatic heterocycles. The molecule has 1 fully saturated rings. The van der Waals surface area contributed by atoms with Gasteiger partial charge in [0.15, 0.2) is 0 Å². The van der Waals surface area contributed by atoms with Gasteiger partial charge in [-0.15, -0.1) is 11.6 Å². The maximum Gasteiger partial charge on any atom is 0.120 e. The lowest BCUT2D eigenvalue weighted by atomic mass is 9.85. The Balaban J connectivity index is 1.95. The summed E-state index contributed by atoms with van der Waals surface area (Å²) in [5, 5.41) is 0. The van der Waals surface area contributed by atoms with E-state index >= 15 is 0 Å². The van der Waals surface area contributed by atoms with Gasteiger partial charge in [0.05, 0.1) is 6.10 Å². The fourth-order valence-electron chi connectivity index (χ4n) is 2.61. The topological polar surface area (TPSA) is 9.23 Å². The minimum absolute atomic E-state index is 0.402. The summed E-state index contributed by atoms with van der Waals surface area (Å²) < 4.78 is 6.07. The molecule has 2 rings (SSSR count). The smallest absolute Gasteiger partial charge is 0.120 e. The highest BCUT2D eigenvalue weighted by molar-refractivity contribution is 6.17. The summed E-state index contributed by atoms with van der Waals surface area (Å²) in [6, 6.07) is 8.15. The van der Waals surface area contributed by atoms with Gasteiger partial charge in [0, 0.05) is 5.88 Å². The van der Waals surface area contributed by atoms with Gasteiger partial charge in [-0.1, -0.05) is 31.9 Å². The molecular formula is C15H21ClO. The standard InChI is InChI=1S/C15H21ClO/c1-2-12-5-3-7-14(9-12)17-15-8-4-6-13(10-15)11-16/h4,6,8,10,12,14H,2-3,5,7,9,11H2,1H3. The maximum atomic E-state index is 6.07. The van der Waals surface area contributed by atoms with Crippen LogP contribution < -0.4 is 4.74 Å². The van der Waals surface area contributed by atoms with Crippen molar-refractivity contribution >= 4 is 11.6 Å². The van der Waals surface area contributed by atoms with E-state index in [1.807, 2.05) is 18.2 Å². The SMILES string of the molecule is CCC1CCCC(Oc2cccc(CCl)c2)C1. The molecule has 0 spiro atoms. The van der Waals surface area contributed by atoms with Crippen LogP contribution in [0.1, 0.15) is 44.6 Å². The second-order valence-corrected chi connectivity index (χ2v) is 5.23. The van der Waals surface area contributed by atoms with Gasteiger partial charge in [-0.2, -0.15) is 0 Å². The molecule has 0 saturated heterocycles. The largest absolute Gasteiger partial charge is 0.490 e. The molecule has 0 bridgehead atoms. The molecule has 0 radical (unpaired) electrons. The number of halogens is 1. The van der Waals surface area contributed by atoms with Crippen LogP contribution in [0.3, 0.4) is 0 Å². The van der Waals surface area contributed by atoms with Crippen LogP contribution in [0.4, 0.5) is 0 Å². The Bertz CT molecular complexity index is 351. The Morgan fingerprint density at radius 3 is 3.00 bits per heavy atom. The fraction of sp³-hybridized carbons (Fsp3) is 0.600. The van der Waals surface area contributed by atoms with E-state index in [4.69, 9.17) is 16.3 Å². The number of hydrogen-bond donors (Lipinski definition) is 0. The van der Waals surface area contributed by atoms with Gasteiger partial charge in [0.1, 0.15) is 5.75 Å². The minimum atomic E-state index is 0.402. The Morgan fingerprint density at radius 1 is 1.35 bits per heavy atom. The average Bonchev–Trinajstić information content (AvgIpc) is 2.39. The van der Waals surface area contributed by atoms with Crippen LogP contribution in [-0.2, 0) is 5.88 Å². The quantitative estimate of drug-likeness (QED) is 0.701. The van der Waals surface area contributed by atoms with Crippen molar-refractivity contribution in [3.8, 4) is 5.75 Å². The molecule has 2 atom stereocenters. The average molecular weight is 253 g/mol. The maximum absolute atomic E-state index is 6.07. The van der Waals surface area contributed by atoms with Crippen molar-refractivity contribution in [3.05, 3.63) is 29.8 Å². The zero-order chi connectivity index (χ0) is 12.1. The molecule has 1 aliphatic carbocycles. The Labute approximate surface area is 109 Å². The highest BCUT2D eigenvalue weighted by Crippen LogP contribution is 2.29. The molecule has 1 nitrogen and oxygen atoms in total. The van der Waals surface area contributed by atoms with Crippen molar-refractivity contribution in [1.82, 2.24) is 0 Å². The number of ether oxygens (including phenoxy) is 1. The van der Waals surface area contributed by atoms with Crippen LogP contribution in [-0.4, -0.2) is 6.10 Å². The second-order valence-electron chi connectivity index (χ2n) is 4.96. The minimum Gasteiger partial charge on any atom is -0.490 e. The van der Waals surface area contributed by atoms with Gasteiger partial charge in [0.25, 0.3) is 0 Å². The van der Waals surface area contributed by atoms with Crippen molar-refractivity contribution in [1.29, 1.82) is 0 Å². The van der Waals surface area contributed by atoms with E-state index < -0.39 is 0 Å². The molecule has 1 aromatic carbocycles. The number of benzene rings is 1. The number of hydrogen-bond acceptors (Lipinski definition) is 1. The number of rotatable bonds is 4. The molecule has 2 unspecified atom stereocenters. The van der Waals surface area contributed by atoms with Gasteiger partial charge < -0.3 is 4.74 Å². The molecule has 17 heavy (non-hydrogen) atoms. The zero-order valence-electron chi connectivity index (χ0n) is 10.5. The van der Waals surface area contributed by atoms with Crippen LogP contribution in [0.5, 0.6) is 5.75 Å². The Kier molecular flexibility index (Phi) is 4.73. The third kappa shape index (κ3) is 3.64. The lowest BCUT2D eigenvalue weighted by Gasteiger charge is -2.29. The third-order valence-corrected chi connectivity index (χ3v) is 3.98. The molecule has 94 valence electrons. The molecule has 2 heteroatoms. The van der Waals surface area contributed by atoms with E-state index in [0.717, 1.165) is 17.2 Å². The molecule has 1 aromatic rings. The third-order valence-electron chi connectivity index (χ3n) is 3.67. The van der Waals surface area contributed by atoms with Crippen LogP contribution >= 0.6 is 11.6 Å². The lowest BCUT2D eigenvalue weighted by Crippen LogP contribution is -2.25. The predicted octanol–water partition coefficient (Wildman–Crippen LogP) is 4.77. The van der Waals surface area contributed by atoms with Gasteiger partial charge in [-0.05, 0) is 42.9 Å². The molecule has 0 amide bonds. The lowest BCUT2D eigenvalue weighted by molar-refractivity contribution is 0.122. The van der Waals surface area contributed by atoms with Crippen LogP contribution in [0, 0.1) is 5.92 Å². The van der Waals surface area contributed by atoms with Gasteiger partial charge in [0.2, 0.25) is 0 Å². The van der Waals surface area contributed by atoms with E-state index in [2.05, 4.69) is 13.0 Å². The first-order valence-corrected chi connectivity index (χ1v) is 7.16.